The second-order valence-electron chi connectivity index (χ2n) is 7.10. The van der Waals surface area contributed by atoms with Crippen LogP contribution in [0.1, 0.15) is 44.9 Å². The summed E-state index contributed by atoms with van der Waals surface area (Å²) in [6.07, 6.45) is 7.00. The molecule has 1 aliphatic carbocycles. The fourth-order valence-electron chi connectivity index (χ4n) is 4.11. The van der Waals surface area contributed by atoms with Crippen LogP contribution in [0.4, 0.5) is 4.79 Å². The van der Waals surface area contributed by atoms with Gasteiger partial charge in [0.1, 0.15) is 0 Å². The summed E-state index contributed by atoms with van der Waals surface area (Å²) in [5.74, 6) is 0.137. The van der Waals surface area contributed by atoms with Crippen molar-refractivity contribution in [1.82, 2.24) is 20.4 Å². The molecule has 2 N–H and O–H groups in total. The first-order valence-electron chi connectivity index (χ1n) is 8.62. The Kier molecular flexibility index (Phi) is 4.57. The fourth-order valence-corrected chi connectivity index (χ4v) is 4.11. The van der Waals surface area contributed by atoms with E-state index in [0.717, 1.165) is 45.3 Å². The Morgan fingerprint density at radius 2 is 2.05 bits per heavy atom. The van der Waals surface area contributed by atoms with Crippen LogP contribution in [0.3, 0.4) is 0 Å². The van der Waals surface area contributed by atoms with E-state index in [1.54, 1.807) is 0 Å². The first-order valence-corrected chi connectivity index (χ1v) is 8.62. The lowest BCUT2D eigenvalue weighted by molar-refractivity contribution is -0.121. The molecule has 1 atom stereocenters. The number of piperazine rings is 1. The molecule has 1 spiro atoms. The lowest BCUT2D eigenvalue weighted by Crippen LogP contribution is -2.63. The van der Waals surface area contributed by atoms with Gasteiger partial charge in [0.25, 0.3) is 0 Å². The lowest BCUT2D eigenvalue weighted by Gasteiger charge is -2.49. The fraction of sp³-hybridized carbons (Fsp3) is 0.875. The first-order chi connectivity index (χ1) is 10.6. The summed E-state index contributed by atoms with van der Waals surface area (Å²) in [6, 6.07) is 0.448. The molecule has 0 aromatic carbocycles. The van der Waals surface area contributed by atoms with Crippen LogP contribution in [0.15, 0.2) is 0 Å². The van der Waals surface area contributed by atoms with Gasteiger partial charge < -0.3 is 15.5 Å². The van der Waals surface area contributed by atoms with Crippen LogP contribution in [0, 0.1) is 0 Å². The van der Waals surface area contributed by atoms with E-state index in [1.807, 2.05) is 4.90 Å². The summed E-state index contributed by atoms with van der Waals surface area (Å²) in [6.45, 7) is 3.10. The molecule has 3 aliphatic rings. The van der Waals surface area contributed by atoms with Gasteiger partial charge in [-0.15, -0.1) is 0 Å². The minimum Gasteiger partial charge on any atom is -0.356 e. The Labute approximate surface area is 132 Å². The summed E-state index contributed by atoms with van der Waals surface area (Å²) in [4.78, 5) is 28.5. The van der Waals surface area contributed by atoms with Crippen LogP contribution in [0.25, 0.3) is 0 Å². The van der Waals surface area contributed by atoms with E-state index < -0.39 is 0 Å². The van der Waals surface area contributed by atoms with Crippen molar-refractivity contribution in [3.8, 4) is 0 Å². The summed E-state index contributed by atoms with van der Waals surface area (Å²) in [5.41, 5.74) is -0.0512. The standard InChI is InChI=1S/C16H28N4O2/c1-19-10-11-20(15(22)18-13-4-2-3-5-13)12-16(19)7-6-14(21)17-9-8-16/h13H,2-12H2,1H3,(H,17,21)(H,18,22)/t16-/m0/s1. The van der Waals surface area contributed by atoms with Crippen molar-refractivity contribution in [3.63, 3.8) is 0 Å². The van der Waals surface area contributed by atoms with Crippen molar-refractivity contribution < 1.29 is 9.59 Å². The minimum absolute atomic E-state index is 0.0512. The topological polar surface area (TPSA) is 64.7 Å². The molecule has 2 heterocycles. The molecule has 3 fully saturated rings. The second kappa shape index (κ2) is 6.44. The van der Waals surface area contributed by atoms with E-state index in [4.69, 9.17) is 0 Å². The van der Waals surface area contributed by atoms with Crippen LogP contribution in [0.5, 0.6) is 0 Å². The van der Waals surface area contributed by atoms with Gasteiger partial charge in [0.15, 0.2) is 0 Å². The Morgan fingerprint density at radius 3 is 2.82 bits per heavy atom. The average molecular weight is 308 g/mol. The zero-order valence-corrected chi connectivity index (χ0v) is 13.6. The van der Waals surface area contributed by atoms with Gasteiger partial charge in [-0.2, -0.15) is 0 Å². The number of hydrogen-bond acceptors (Lipinski definition) is 3. The van der Waals surface area contributed by atoms with Gasteiger partial charge in [0.2, 0.25) is 5.91 Å². The number of carbonyl (C=O) groups is 2. The molecule has 3 rings (SSSR count). The van der Waals surface area contributed by atoms with Gasteiger partial charge in [-0.25, -0.2) is 4.79 Å². The van der Waals surface area contributed by atoms with Crippen molar-refractivity contribution in [2.75, 3.05) is 33.2 Å². The normalized spacial score (nSPS) is 31.1. The molecule has 0 unspecified atom stereocenters. The maximum atomic E-state index is 12.6. The zero-order chi connectivity index (χ0) is 15.6. The van der Waals surface area contributed by atoms with Gasteiger partial charge in [-0.1, -0.05) is 12.8 Å². The smallest absolute Gasteiger partial charge is 0.317 e. The second-order valence-corrected chi connectivity index (χ2v) is 7.10. The first kappa shape index (κ1) is 15.6. The molecular weight excluding hydrogens is 280 g/mol. The number of hydrogen-bond donors (Lipinski definition) is 2. The molecule has 2 saturated heterocycles. The van der Waals surface area contributed by atoms with Crippen molar-refractivity contribution in [2.24, 2.45) is 0 Å². The van der Waals surface area contributed by atoms with Gasteiger partial charge in [0, 0.05) is 44.2 Å². The van der Waals surface area contributed by atoms with Gasteiger partial charge in [0.05, 0.1) is 0 Å². The van der Waals surface area contributed by atoms with Crippen LogP contribution in [0.2, 0.25) is 0 Å². The molecule has 2 aliphatic heterocycles. The monoisotopic (exact) mass is 308 g/mol. The molecule has 124 valence electrons. The molecule has 6 nitrogen and oxygen atoms in total. The SMILES string of the molecule is CN1CCN(C(=O)NC2CCCC2)C[C@]12CCNC(=O)CC2. The highest BCUT2D eigenvalue weighted by Gasteiger charge is 2.42. The number of rotatable bonds is 1. The minimum atomic E-state index is -0.0512. The van der Waals surface area contributed by atoms with Crippen LogP contribution >= 0.6 is 0 Å². The average Bonchev–Trinajstić information content (AvgIpc) is 2.93. The highest BCUT2D eigenvalue weighted by molar-refractivity contribution is 5.77. The number of amides is 3. The van der Waals surface area contributed by atoms with E-state index >= 15 is 0 Å². The van der Waals surface area contributed by atoms with Crippen molar-refractivity contribution in [1.29, 1.82) is 0 Å². The Balaban J connectivity index is 1.64. The third-order valence-corrected chi connectivity index (χ3v) is 5.70. The Hall–Kier alpha value is -1.30. The van der Waals surface area contributed by atoms with E-state index in [0.29, 0.717) is 19.0 Å². The molecule has 0 bridgehead atoms. The predicted octanol–water partition coefficient (Wildman–Crippen LogP) is 0.925. The largest absolute Gasteiger partial charge is 0.356 e. The molecule has 22 heavy (non-hydrogen) atoms. The molecular formula is C16H28N4O2. The van der Waals surface area contributed by atoms with E-state index in [-0.39, 0.29) is 17.5 Å². The van der Waals surface area contributed by atoms with E-state index in [9.17, 15) is 9.59 Å². The van der Waals surface area contributed by atoms with Crippen molar-refractivity contribution in [2.45, 2.75) is 56.5 Å². The molecule has 1 saturated carbocycles. The van der Waals surface area contributed by atoms with Gasteiger partial charge in [-0.05, 0) is 32.7 Å². The number of urea groups is 1. The molecule has 0 radical (unpaired) electrons. The molecule has 3 amide bonds. The lowest BCUT2D eigenvalue weighted by atomic mass is 9.86. The number of likely N-dealkylation sites (N-methyl/N-ethyl adjacent to an activating group) is 1. The van der Waals surface area contributed by atoms with Crippen LogP contribution < -0.4 is 10.6 Å². The molecule has 0 aromatic heterocycles. The third-order valence-electron chi connectivity index (χ3n) is 5.70. The van der Waals surface area contributed by atoms with Crippen LogP contribution in [-0.2, 0) is 4.79 Å². The number of carbonyl (C=O) groups excluding carboxylic acids is 2. The maximum Gasteiger partial charge on any atom is 0.317 e. The predicted molar refractivity (Wildman–Crippen MR) is 84.6 cm³/mol. The zero-order valence-electron chi connectivity index (χ0n) is 13.6. The van der Waals surface area contributed by atoms with E-state index in [2.05, 4.69) is 22.6 Å². The highest BCUT2D eigenvalue weighted by Crippen LogP contribution is 2.30. The summed E-state index contributed by atoms with van der Waals surface area (Å²) in [5, 5.41) is 6.15. The Bertz CT molecular complexity index is 436. The number of nitrogens with zero attached hydrogens (tertiary/aromatic N) is 2. The molecule has 0 aromatic rings. The Morgan fingerprint density at radius 1 is 1.27 bits per heavy atom. The quantitative estimate of drug-likeness (QED) is 0.757. The third kappa shape index (κ3) is 3.21. The number of nitrogens with one attached hydrogen (secondary N) is 2. The van der Waals surface area contributed by atoms with Crippen molar-refractivity contribution >= 4 is 11.9 Å². The maximum absolute atomic E-state index is 12.6. The van der Waals surface area contributed by atoms with Gasteiger partial charge in [-0.3, -0.25) is 9.69 Å². The summed E-state index contributed by atoms with van der Waals surface area (Å²) >= 11 is 0. The summed E-state index contributed by atoms with van der Waals surface area (Å²) in [7, 11) is 2.13. The summed E-state index contributed by atoms with van der Waals surface area (Å²) < 4.78 is 0. The molecule has 6 heteroatoms. The highest BCUT2D eigenvalue weighted by atomic mass is 16.2. The van der Waals surface area contributed by atoms with E-state index in [1.165, 1.54) is 12.8 Å². The van der Waals surface area contributed by atoms with Crippen LogP contribution in [-0.4, -0.2) is 66.5 Å². The van der Waals surface area contributed by atoms with Crippen molar-refractivity contribution in [3.05, 3.63) is 0 Å². The van der Waals surface area contributed by atoms with Gasteiger partial charge >= 0.3 is 6.03 Å².